The van der Waals surface area contributed by atoms with Crippen LogP contribution in [0.3, 0.4) is 0 Å². The van der Waals surface area contributed by atoms with Crippen molar-refractivity contribution in [1.29, 1.82) is 0 Å². The molecule has 0 aliphatic heterocycles. The monoisotopic (exact) mass is 436 g/mol. The van der Waals surface area contributed by atoms with E-state index in [2.05, 4.69) is 13.8 Å². The van der Waals surface area contributed by atoms with E-state index >= 15 is 0 Å². The fraction of sp³-hybridized carbons (Fsp3) is 0.481. The number of nitrogens with zero attached hydrogens (tertiary/aromatic N) is 1. The summed E-state index contributed by atoms with van der Waals surface area (Å²) in [6, 6.07) is 15.6. The van der Waals surface area contributed by atoms with Crippen LogP contribution in [0.25, 0.3) is 11.1 Å². The molecule has 5 heteroatoms. The molecular formula is C27H36N2O3. The quantitative estimate of drug-likeness (QED) is 0.610. The molecule has 0 aromatic heterocycles. The molecule has 0 radical (unpaired) electrons. The van der Waals surface area contributed by atoms with E-state index in [1.54, 1.807) is 12.1 Å². The van der Waals surface area contributed by atoms with Crippen LogP contribution in [0.4, 0.5) is 4.79 Å². The Hall–Kier alpha value is -2.82. The van der Waals surface area contributed by atoms with Gasteiger partial charge in [0.15, 0.2) is 0 Å². The second kappa shape index (κ2) is 9.35. The van der Waals surface area contributed by atoms with Gasteiger partial charge in [0.2, 0.25) is 5.91 Å². The van der Waals surface area contributed by atoms with Crippen LogP contribution in [0.15, 0.2) is 48.5 Å². The Bertz CT molecular complexity index is 948. The van der Waals surface area contributed by atoms with Crippen molar-refractivity contribution in [2.75, 3.05) is 0 Å². The fourth-order valence-electron chi connectivity index (χ4n) is 4.21. The first-order valence-electron chi connectivity index (χ1n) is 11.4. The molecule has 1 saturated carbocycles. The van der Waals surface area contributed by atoms with Gasteiger partial charge in [-0.3, -0.25) is 4.79 Å². The number of hydrogen-bond donors (Lipinski definition) is 1. The van der Waals surface area contributed by atoms with Gasteiger partial charge in [-0.25, -0.2) is 4.79 Å². The molecule has 32 heavy (non-hydrogen) atoms. The summed E-state index contributed by atoms with van der Waals surface area (Å²) in [6.45, 7) is 10.8. The first-order chi connectivity index (χ1) is 14.9. The molecule has 0 bridgehead atoms. The van der Waals surface area contributed by atoms with Crippen LogP contribution in [-0.4, -0.2) is 28.5 Å². The second-order valence-corrected chi connectivity index (χ2v) is 10.6. The zero-order valence-corrected chi connectivity index (χ0v) is 20.0. The average molecular weight is 437 g/mol. The van der Waals surface area contributed by atoms with E-state index < -0.39 is 11.5 Å². The minimum absolute atomic E-state index is 0.185. The Morgan fingerprint density at radius 2 is 1.66 bits per heavy atom. The van der Waals surface area contributed by atoms with E-state index in [1.165, 1.54) is 0 Å². The van der Waals surface area contributed by atoms with Gasteiger partial charge in [0, 0.05) is 18.2 Å². The molecule has 0 saturated heterocycles. The average Bonchev–Trinajstić information content (AvgIpc) is 2.71. The molecule has 0 heterocycles. The van der Waals surface area contributed by atoms with Crippen molar-refractivity contribution in [3.05, 3.63) is 59.7 Å². The number of carbonyl (C=O) groups excluding carboxylic acids is 2. The third-order valence-corrected chi connectivity index (χ3v) is 6.16. The molecule has 2 aromatic rings. The molecule has 2 aromatic carbocycles. The Labute approximate surface area is 191 Å². The van der Waals surface area contributed by atoms with Crippen molar-refractivity contribution >= 4 is 12.0 Å². The van der Waals surface area contributed by atoms with Gasteiger partial charge >= 0.3 is 6.09 Å². The van der Waals surface area contributed by atoms with Gasteiger partial charge in [-0.1, -0.05) is 50.2 Å². The van der Waals surface area contributed by atoms with Crippen LogP contribution >= 0.6 is 0 Å². The highest BCUT2D eigenvalue weighted by atomic mass is 16.6. The predicted octanol–water partition coefficient (Wildman–Crippen LogP) is 6.16. The van der Waals surface area contributed by atoms with E-state index in [9.17, 15) is 9.59 Å². The number of ether oxygens (including phenoxy) is 1. The standard InChI is InChI=1S/C27H36N2O3/c1-26(2,3)32-25(31)29(23-13-15-27(4,5)16-14-23)18-19-9-11-20(12-10-19)21-7-6-8-22(17-21)24(28)30/h6-12,17,23H,13-16,18H2,1-5H3,(H2,28,30). The van der Waals surface area contributed by atoms with Gasteiger partial charge in [-0.05, 0) is 80.7 Å². The molecule has 5 nitrogen and oxygen atoms in total. The maximum atomic E-state index is 13.1. The van der Waals surface area contributed by atoms with E-state index in [-0.39, 0.29) is 12.1 Å². The van der Waals surface area contributed by atoms with Gasteiger partial charge in [-0.15, -0.1) is 0 Å². The minimum Gasteiger partial charge on any atom is -0.444 e. The highest BCUT2D eigenvalue weighted by Crippen LogP contribution is 2.37. The summed E-state index contributed by atoms with van der Waals surface area (Å²) >= 11 is 0. The molecule has 3 rings (SSSR count). The Morgan fingerprint density at radius 3 is 2.22 bits per heavy atom. The van der Waals surface area contributed by atoms with Crippen LogP contribution in [0.1, 0.15) is 76.2 Å². The number of hydrogen-bond acceptors (Lipinski definition) is 3. The van der Waals surface area contributed by atoms with Crippen LogP contribution in [0, 0.1) is 5.41 Å². The molecule has 1 aliphatic carbocycles. The van der Waals surface area contributed by atoms with Crippen molar-refractivity contribution in [2.24, 2.45) is 11.1 Å². The highest BCUT2D eigenvalue weighted by Gasteiger charge is 2.34. The third-order valence-electron chi connectivity index (χ3n) is 6.16. The second-order valence-electron chi connectivity index (χ2n) is 10.6. The van der Waals surface area contributed by atoms with Crippen molar-refractivity contribution in [1.82, 2.24) is 4.90 Å². The number of carbonyl (C=O) groups is 2. The molecule has 0 atom stereocenters. The van der Waals surface area contributed by atoms with Crippen LogP contribution < -0.4 is 5.73 Å². The van der Waals surface area contributed by atoms with Gasteiger partial charge in [0.1, 0.15) is 5.60 Å². The topological polar surface area (TPSA) is 72.6 Å². The van der Waals surface area contributed by atoms with Gasteiger partial charge < -0.3 is 15.4 Å². The molecule has 2 N–H and O–H groups in total. The maximum absolute atomic E-state index is 13.1. The van der Waals surface area contributed by atoms with Crippen LogP contribution in [-0.2, 0) is 11.3 Å². The van der Waals surface area contributed by atoms with E-state index in [4.69, 9.17) is 10.5 Å². The third kappa shape index (κ3) is 6.35. The van der Waals surface area contributed by atoms with Crippen LogP contribution in [0.5, 0.6) is 0 Å². The number of benzene rings is 2. The van der Waals surface area contributed by atoms with Crippen LogP contribution in [0.2, 0.25) is 0 Å². The molecule has 0 spiro atoms. The number of amides is 2. The van der Waals surface area contributed by atoms with E-state index in [1.807, 2.05) is 62.1 Å². The van der Waals surface area contributed by atoms with E-state index in [0.29, 0.717) is 17.5 Å². The summed E-state index contributed by atoms with van der Waals surface area (Å²) in [7, 11) is 0. The predicted molar refractivity (Wildman–Crippen MR) is 128 cm³/mol. The van der Waals surface area contributed by atoms with Crippen molar-refractivity contribution < 1.29 is 14.3 Å². The van der Waals surface area contributed by atoms with Crippen molar-refractivity contribution in [3.63, 3.8) is 0 Å². The summed E-state index contributed by atoms with van der Waals surface area (Å²) in [4.78, 5) is 26.5. The van der Waals surface area contributed by atoms with Gasteiger partial charge in [-0.2, -0.15) is 0 Å². The largest absolute Gasteiger partial charge is 0.444 e. The Kier molecular flexibility index (Phi) is 6.97. The van der Waals surface area contributed by atoms with Crippen molar-refractivity contribution in [2.45, 2.75) is 78.5 Å². The highest BCUT2D eigenvalue weighted by molar-refractivity contribution is 5.94. The lowest BCUT2D eigenvalue weighted by Crippen LogP contribution is -2.45. The number of nitrogens with two attached hydrogens (primary N) is 1. The molecule has 2 amide bonds. The zero-order valence-electron chi connectivity index (χ0n) is 20.0. The lowest BCUT2D eigenvalue weighted by molar-refractivity contribution is 0.00491. The first kappa shape index (κ1) is 23.8. The SMILES string of the molecule is CC1(C)CCC(N(Cc2ccc(-c3cccc(C(N)=O)c3)cc2)C(=O)OC(C)(C)C)CC1. The van der Waals surface area contributed by atoms with Gasteiger partial charge in [0.05, 0.1) is 0 Å². The molecular weight excluding hydrogens is 400 g/mol. The molecule has 1 fully saturated rings. The summed E-state index contributed by atoms with van der Waals surface area (Å²) in [5.41, 5.74) is 8.69. The summed E-state index contributed by atoms with van der Waals surface area (Å²) in [6.07, 6.45) is 3.94. The molecule has 172 valence electrons. The van der Waals surface area contributed by atoms with Crippen molar-refractivity contribution in [3.8, 4) is 11.1 Å². The molecule has 1 aliphatic rings. The number of rotatable bonds is 5. The summed E-state index contributed by atoms with van der Waals surface area (Å²) in [5, 5.41) is 0. The normalized spacial score (nSPS) is 16.4. The smallest absolute Gasteiger partial charge is 0.410 e. The van der Waals surface area contributed by atoms with E-state index in [0.717, 1.165) is 42.4 Å². The maximum Gasteiger partial charge on any atom is 0.410 e. The lowest BCUT2D eigenvalue weighted by Gasteiger charge is -2.40. The molecule has 0 unspecified atom stereocenters. The Balaban J connectivity index is 1.79. The lowest BCUT2D eigenvalue weighted by atomic mass is 9.75. The number of primary amides is 1. The van der Waals surface area contributed by atoms with Gasteiger partial charge in [0.25, 0.3) is 0 Å². The minimum atomic E-state index is -0.529. The Morgan fingerprint density at radius 1 is 1.03 bits per heavy atom. The zero-order chi connectivity index (χ0) is 23.5. The fourth-order valence-corrected chi connectivity index (χ4v) is 4.21. The summed E-state index contributed by atoms with van der Waals surface area (Å²) < 4.78 is 5.75. The first-order valence-corrected chi connectivity index (χ1v) is 11.4. The summed E-state index contributed by atoms with van der Waals surface area (Å²) in [5.74, 6) is -0.438.